The number of ether oxygens (including phenoxy) is 2. The van der Waals surface area contributed by atoms with Crippen LogP contribution in [0.1, 0.15) is 38.9 Å². The summed E-state index contributed by atoms with van der Waals surface area (Å²) in [6.45, 7) is 2.28. The van der Waals surface area contributed by atoms with E-state index in [1.807, 2.05) is 0 Å². The molecule has 1 rings (SSSR count). The van der Waals surface area contributed by atoms with Crippen LogP contribution in [0.25, 0.3) is 0 Å². The highest BCUT2D eigenvalue weighted by molar-refractivity contribution is 5.67. The lowest BCUT2D eigenvalue weighted by Gasteiger charge is -2.21. The molecular weight excluding hydrogens is 324 g/mol. The van der Waals surface area contributed by atoms with Crippen molar-refractivity contribution in [3.05, 3.63) is 29.8 Å². The lowest BCUT2D eigenvalue weighted by atomic mass is 10.0. The number of halogens is 2. The maximum Gasteiger partial charge on any atom is 0.407 e. The Labute approximate surface area is 139 Å². The van der Waals surface area contributed by atoms with E-state index in [9.17, 15) is 23.8 Å². The van der Waals surface area contributed by atoms with Crippen molar-refractivity contribution in [2.24, 2.45) is 0 Å². The van der Waals surface area contributed by atoms with Crippen molar-refractivity contribution in [1.82, 2.24) is 5.32 Å². The smallest absolute Gasteiger partial charge is 0.407 e. The first kappa shape index (κ1) is 20.1. The molecule has 0 aliphatic heterocycles. The zero-order valence-electron chi connectivity index (χ0n) is 13.8. The predicted octanol–water partition coefficient (Wildman–Crippen LogP) is 2.60. The summed E-state index contributed by atoms with van der Waals surface area (Å²) in [6, 6.07) is 5.45. The number of aliphatic hydroxyl groups excluding tert-OH is 2. The minimum Gasteiger partial charge on any atom is -0.444 e. The molecule has 24 heavy (non-hydrogen) atoms. The van der Waals surface area contributed by atoms with E-state index in [2.05, 4.69) is 10.1 Å². The van der Waals surface area contributed by atoms with Crippen LogP contribution in [0.15, 0.2) is 24.3 Å². The molecule has 2 atom stereocenters. The van der Waals surface area contributed by atoms with E-state index < -0.39 is 30.5 Å². The van der Waals surface area contributed by atoms with Crippen LogP contribution in [0.5, 0.6) is 5.75 Å². The van der Waals surface area contributed by atoms with Gasteiger partial charge in [-0.25, -0.2) is 4.79 Å². The first-order valence-electron chi connectivity index (χ1n) is 7.46. The molecule has 1 aromatic rings. The minimum absolute atomic E-state index is 0.0559. The average Bonchev–Trinajstić information content (AvgIpc) is 2.44. The van der Waals surface area contributed by atoms with E-state index in [1.54, 1.807) is 20.8 Å². The highest BCUT2D eigenvalue weighted by atomic mass is 19.3. The van der Waals surface area contributed by atoms with Crippen LogP contribution in [-0.4, -0.2) is 41.2 Å². The van der Waals surface area contributed by atoms with Crippen LogP contribution in [0.4, 0.5) is 13.6 Å². The summed E-state index contributed by atoms with van der Waals surface area (Å²) in [6.07, 6.45) is -3.06. The Kier molecular flexibility index (Phi) is 7.37. The molecule has 0 radical (unpaired) electrons. The number of amides is 1. The topological polar surface area (TPSA) is 88.0 Å². The molecule has 0 aromatic heterocycles. The van der Waals surface area contributed by atoms with Gasteiger partial charge in [-0.3, -0.25) is 0 Å². The maximum absolute atomic E-state index is 12.2. The van der Waals surface area contributed by atoms with Crippen LogP contribution in [0.2, 0.25) is 0 Å². The Morgan fingerprint density at radius 3 is 2.54 bits per heavy atom. The van der Waals surface area contributed by atoms with Crippen molar-refractivity contribution in [3.63, 3.8) is 0 Å². The molecule has 0 bridgehead atoms. The molecular formula is C16H23F2NO5. The van der Waals surface area contributed by atoms with Crippen LogP contribution in [0.3, 0.4) is 0 Å². The fourth-order valence-electron chi connectivity index (χ4n) is 1.89. The van der Waals surface area contributed by atoms with Gasteiger partial charge >= 0.3 is 12.7 Å². The monoisotopic (exact) mass is 347 g/mol. The van der Waals surface area contributed by atoms with Crippen molar-refractivity contribution in [2.75, 3.05) is 6.54 Å². The second-order valence-corrected chi connectivity index (χ2v) is 6.18. The second kappa shape index (κ2) is 8.79. The summed E-state index contributed by atoms with van der Waals surface area (Å²) in [5.41, 5.74) is -0.397. The Bertz CT molecular complexity index is 533. The van der Waals surface area contributed by atoms with E-state index in [1.165, 1.54) is 24.3 Å². The Morgan fingerprint density at radius 2 is 1.96 bits per heavy atom. The van der Waals surface area contributed by atoms with E-state index in [0.29, 0.717) is 0 Å². The first-order valence-corrected chi connectivity index (χ1v) is 7.46. The fraction of sp³-hybridized carbons (Fsp3) is 0.562. The fourth-order valence-corrected chi connectivity index (χ4v) is 1.89. The summed E-state index contributed by atoms with van der Waals surface area (Å²) < 4.78 is 33.7. The maximum atomic E-state index is 12.2. The normalized spacial score (nSPS) is 14.2. The van der Waals surface area contributed by atoms with Crippen LogP contribution < -0.4 is 10.1 Å². The quantitative estimate of drug-likeness (QED) is 0.706. The highest BCUT2D eigenvalue weighted by Gasteiger charge is 2.20. The van der Waals surface area contributed by atoms with Crippen molar-refractivity contribution >= 4 is 6.09 Å². The molecule has 0 spiro atoms. The number of rotatable bonds is 7. The lowest BCUT2D eigenvalue weighted by molar-refractivity contribution is -0.0501. The number of alkyl halides is 2. The van der Waals surface area contributed by atoms with Crippen LogP contribution in [0, 0.1) is 0 Å². The molecule has 8 heteroatoms. The third kappa shape index (κ3) is 7.56. The van der Waals surface area contributed by atoms with Gasteiger partial charge in [0, 0.05) is 6.54 Å². The number of nitrogens with one attached hydrogen (secondary N) is 1. The molecule has 0 aliphatic carbocycles. The molecule has 136 valence electrons. The molecule has 0 saturated carbocycles. The van der Waals surface area contributed by atoms with Gasteiger partial charge in [-0.2, -0.15) is 8.78 Å². The number of aliphatic hydroxyl groups is 2. The Balaban J connectivity index is 2.50. The predicted molar refractivity (Wildman–Crippen MR) is 82.9 cm³/mol. The van der Waals surface area contributed by atoms with Crippen LogP contribution >= 0.6 is 0 Å². The summed E-state index contributed by atoms with van der Waals surface area (Å²) in [4.78, 5) is 11.5. The van der Waals surface area contributed by atoms with Gasteiger partial charge in [-0.05, 0) is 44.9 Å². The second-order valence-electron chi connectivity index (χ2n) is 6.18. The third-order valence-corrected chi connectivity index (χ3v) is 2.90. The van der Waals surface area contributed by atoms with E-state index in [4.69, 9.17) is 4.74 Å². The highest BCUT2D eigenvalue weighted by Crippen LogP contribution is 2.24. The van der Waals surface area contributed by atoms with E-state index >= 15 is 0 Å². The lowest BCUT2D eigenvalue weighted by Crippen LogP contribution is -2.34. The van der Waals surface area contributed by atoms with Gasteiger partial charge in [0.05, 0.1) is 6.10 Å². The largest absolute Gasteiger partial charge is 0.444 e. The number of hydrogen-bond donors (Lipinski definition) is 3. The van der Waals surface area contributed by atoms with E-state index in [0.717, 1.165) is 0 Å². The van der Waals surface area contributed by atoms with Crippen molar-refractivity contribution < 1.29 is 33.3 Å². The minimum atomic E-state index is -2.97. The standard InChI is InChI=1S/C16H23F2NO5/c1-16(2,3)24-15(22)19-8-7-12(20)13(21)10-5-4-6-11(9-10)23-14(17)18/h4-6,9,12-14,20-21H,7-8H2,1-3H3,(H,19,22). The number of carbonyl (C=O) groups is 1. The van der Waals surface area contributed by atoms with E-state index in [-0.39, 0.29) is 24.3 Å². The molecule has 2 unspecified atom stereocenters. The summed E-state index contributed by atoms with van der Waals surface area (Å²) in [7, 11) is 0. The molecule has 0 saturated heterocycles. The SMILES string of the molecule is CC(C)(C)OC(=O)NCCC(O)C(O)c1cccc(OC(F)F)c1. The molecule has 1 aromatic carbocycles. The number of alkyl carbamates (subject to hydrolysis) is 1. The van der Waals surface area contributed by atoms with Gasteiger partial charge in [0.25, 0.3) is 0 Å². The molecule has 0 heterocycles. The number of carbonyl (C=O) groups excluding carboxylic acids is 1. The molecule has 3 N–H and O–H groups in total. The molecule has 0 aliphatic rings. The van der Waals surface area contributed by atoms with Crippen molar-refractivity contribution in [1.29, 1.82) is 0 Å². The number of hydrogen-bond acceptors (Lipinski definition) is 5. The Morgan fingerprint density at radius 1 is 1.29 bits per heavy atom. The summed E-state index contributed by atoms with van der Waals surface area (Å²) in [5, 5.41) is 22.5. The van der Waals surface area contributed by atoms with Crippen LogP contribution in [-0.2, 0) is 4.74 Å². The van der Waals surface area contributed by atoms with Gasteiger partial charge < -0.3 is 25.0 Å². The molecule has 6 nitrogen and oxygen atoms in total. The summed E-state index contributed by atoms with van der Waals surface area (Å²) in [5.74, 6) is -0.111. The zero-order valence-corrected chi connectivity index (χ0v) is 13.8. The van der Waals surface area contributed by atoms with Gasteiger partial charge in [-0.1, -0.05) is 12.1 Å². The van der Waals surface area contributed by atoms with Crippen molar-refractivity contribution in [2.45, 2.75) is 51.6 Å². The molecule has 1 amide bonds. The first-order chi connectivity index (χ1) is 11.1. The molecule has 0 fully saturated rings. The zero-order chi connectivity index (χ0) is 18.3. The summed E-state index contributed by atoms with van der Waals surface area (Å²) >= 11 is 0. The van der Waals surface area contributed by atoms with Gasteiger partial charge in [0.2, 0.25) is 0 Å². The van der Waals surface area contributed by atoms with Gasteiger partial charge in [-0.15, -0.1) is 0 Å². The van der Waals surface area contributed by atoms with Gasteiger partial charge in [0.15, 0.2) is 0 Å². The average molecular weight is 347 g/mol. The Hall–Kier alpha value is -1.93. The third-order valence-electron chi connectivity index (χ3n) is 2.90. The number of benzene rings is 1. The van der Waals surface area contributed by atoms with Gasteiger partial charge in [0.1, 0.15) is 17.5 Å². The van der Waals surface area contributed by atoms with Crippen molar-refractivity contribution in [3.8, 4) is 5.75 Å².